The average Bonchev–Trinajstić information content (AvgIpc) is 4.26. The number of aromatic nitrogens is 4. The number of rotatable bonds is 19. The molecule has 18 heteroatoms. The highest BCUT2D eigenvalue weighted by atomic mass is 32.2. The molecule has 65 heavy (non-hydrogen) atoms. The maximum Gasteiger partial charge on any atom is 0.263 e. The van der Waals surface area contributed by atoms with E-state index in [2.05, 4.69) is 10.2 Å². The van der Waals surface area contributed by atoms with Gasteiger partial charge in [-0.05, 0) is 103 Å². The molecule has 0 spiro atoms. The van der Waals surface area contributed by atoms with Crippen LogP contribution in [0.2, 0.25) is 0 Å². The number of hydrogen-bond donors (Lipinski definition) is 1. The van der Waals surface area contributed by atoms with E-state index in [1.165, 1.54) is 14.7 Å². The minimum absolute atomic E-state index is 0.0678. The van der Waals surface area contributed by atoms with Gasteiger partial charge in [0.2, 0.25) is 0 Å². The Bertz CT molecular complexity index is 2650. The van der Waals surface area contributed by atoms with Crippen LogP contribution in [0.1, 0.15) is 65.7 Å². The van der Waals surface area contributed by atoms with Crippen LogP contribution in [0.4, 0.5) is 0 Å². The highest BCUT2D eigenvalue weighted by molar-refractivity contribution is 7.89. The second kappa shape index (κ2) is 19.4. The monoisotopic (exact) mass is 926 g/mol. The molecule has 0 amide bonds. The summed E-state index contributed by atoms with van der Waals surface area (Å²) in [6.45, 7) is 1.02. The Morgan fingerprint density at radius 1 is 0.569 bits per heavy atom. The van der Waals surface area contributed by atoms with Gasteiger partial charge in [0.05, 0.1) is 59.4 Å². The van der Waals surface area contributed by atoms with E-state index in [1.807, 2.05) is 72.8 Å². The number of sulfonamides is 2. The summed E-state index contributed by atoms with van der Waals surface area (Å²) in [6.07, 6.45) is 5.66. The molecule has 16 nitrogen and oxygen atoms in total. The van der Waals surface area contributed by atoms with Gasteiger partial charge in [0.25, 0.3) is 20.0 Å². The molecule has 2 saturated carbocycles. The number of hydrogen-bond acceptors (Lipinski definition) is 12. The summed E-state index contributed by atoms with van der Waals surface area (Å²) in [5.41, 5.74) is 2.66. The maximum atomic E-state index is 13.9. The van der Waals surface area contributed by atoms with Gasteiger partial charge in [-0.1, -0.05) is 48.5 Å². The molecule has 1 aliphatic heterocycles. The highest BCUT2D eigenvalue weighted by Crippen LogP contribution is 2.41. The van der Waals surface area contributed by atoms with E-state index >= 15 is 0 Å². The van der Waals surface area contributed by atoms with Crippen molar-refractivity contribution in [3.05, 3.63) is 143 Å². The van der Waals surface area contributed by atoms with Gasteiger partial charge in [0, 0.05) is 38.4 Å². The molecule has 344 valence electrons. The quantitative estimate of drug-likeness (QED) is 0.0939. The molecule has 4 aromatic carbocycles. The van der Waals surface area contributed by atoms with Crippen LogP contribution in [0.3, 0.4) is 0 Å². The van der Waals surface area contributed by atoms with Crippen LogP contribution in [-0.4, -0.2) is 91.8 Å². The van der Waals surface area contributed by atoms with E-state index < -0.39 is 25.6 Å². The zero-order valence-electron chi connectivity index (χ0n) is 36.8. The SMILES string of the molecule is COc1ccc(CN(Cc2ccc(OC)cc2)S(=O)(=O)c2cc(C3(O)COC3)n(C3CC3)n2)cc1.COc1ccc(CN(Cc2ccc(OC)cc2)S(=O)(=O)c2ccn(C3CC3)n2)cc1. The first-order valence-electron chi connectivity index (χ1n) is 21.3. The van der Waals surface area contributed by atoms with E-state index in [4.69, 9.17) is 23.7 Å². The van der Waals surface area contributed by atoms with Crippen molar-refractivity contribution in [2.75, 3.05) is 41.7 Å². The van der Waals surface area contributed by atoms with Gasteiger partial charge in [0.15, 0.2) is 15.7 Å². The van der Waals surface area contributed by atoms with Crippen LogP contribution in [0.5, 0.6) is 23.0 Å². The molecule has 0 atom stereocenters. The van der Waals surface area contributed by atoms with Crippen molar-refractivity contribution in [3.63, 3.8) is 0 Å². The molecule has 3 heterocycles. The van der Waals surface area contributed by atoms with Crippen molar-refractivity contribution in [1.29, 1.82) is 0 Å². The third-order valence-corrected chi connectivity index (χ3v) is 14.9. The van der Waals surface area contributed by atoms with E-state index in [-0.39, 0.29) is 55.5 Å². The minimum atomic E-state index is -3.99. The lowest BCUT2D eigenvalue weighted by molar-refractivity contribution is -0.188. The number of benzene rings is 4. The Hall–Kier alpha value is -5.76. The second-order valence-electron chi connectivity index (χ2n) is 16.4. The van der Waals surface area contributed by atoms with Crippen LogP contribution < -0.4 is 18.9 Å². The van der Waals surface area contributed by atoms with E-state index in [0.717, 1.165) is 59.4 Å². The van der Waals surface area contributed by atoms with Gasteiger partial charge >= 0.3 is 0 Å². The zero-order chi connectivity index (χ0) is 45.8. The molecular formula is C47H54N6O10S2. The zero-order valence-corrected chi connectivity index (χ0v) is 38.4. The van der Waals surface area contributed by atoms with Crippen molar-refractivity contribution in [2.45, 2.75) is 79.6 Å². The second-order valence-corrected chi connectivity index (χ2v) is 20.1. The molecule has 2 aliphatic carbocycles. The van der Waals surface area contributed by atoms with Crippen LogP contribution in [0.15, 0.2) is 125 Å². The summed E-state index contributed by atoms with van der Waals surface area (Å²) in [6, 6.07) is 32.9. The lowest BCUT2D eigenvalue weighted by Crippen LogP contribution is -2.48. The molecule has 0 radical (unpaired) electrons. The maximum absolute atomic E-state index is 13.9. The van der Waals surface area contributed by atoms with Gasteiger partial charge in [-0.15, -0.1) is 0 Å². The fraction of sp³-hybridized carbons (Fsp3) is 0.362. The van der Waals surface area contributed by atoms with Crippen molar-refractivity contribution >= 4 is 20.0 Å². The van der Waals surface area contributed by atoms with Crippen LogP contribution in [0, 0.1) is 0 Å². The molecule has 1 N–H and O–H groups in total. The molecule has 6 aromatic rings. The van der Waals surface area contributed by atoms with E-state index in [0.29, 0.717) is 23.2 Å². The number of aliphatic hydroxyl groups is 1. The Kier molecular flexibility index (Phi) is 13.7. The number of methoxy groups -OCH3 is 4. The summed E-state index contributed by atoms with van der Waals surface area (Å²) in [7, 11) is -1.39. The van der Waals surface area contributed by atoms with Crippen LogP contribution in [-0.2, 0) is 56.6 Å². The fourth-order valence-electron chi connectivity index (χ4n) is 7.34. The molecule has 2 aromatic heterocycles. The molecule has 0 bridgehead atoms. The normalized spacial score (nSPS) is 15.8. The molecule has 3 aliphatic rings. The third-order valence-electron chi connectivity index (χ3n) is 11.5. The van der Waals surface area contributed by atoms with E-state index in [9.17, 15) is 21.9 Å². The van der Waals surface area contributed by atoms with Crippen molar-refractivity contribution in [3.8, 4) is 23.0 Å². The lowest BCUT2D eigenvalue weighted by Gasteiger charge is -2.36. The molecule has 9 rings (SSSR count). The number of nitrogens with zero attached hydrogens (tertiary/aromatic N) is 6. The Labute approximate surface area is 380 Å². The largest absolute Gasteiger partial charge is 0.497 e. The summed E-state index contributed by atoms with van der Waals surface area (Å²) in [5.74, 6) is 2.85. The van der Waals surface area contributed by atoms with Gasteiger partial charge in [-0.3, -0.25) is 9.36 Å². The fourth-order valence-corrected chi connectivity index (χ4v) is 10.0. The Morgan fingerprint density at radius 3 is 1.26 bits per heavy atom. The molecule has 1 saturated heterocycles. The summed E-state index contributed by atoms with van der Waals surface area (Å²) in [4.78, 5) is 0. The van der Waals surface area contributed by atoms with Crippen molar-refractivity contribution < 1.29 is 45.6 Å². The van der Waals surface area contributed by atoms with Gasteiger partial charge in [-0.25, -0.2) is 16.8 Å². The van der Waals surface area contributed by atoms with Gasteiger partial charge in [0.1, 0.15) is 23.0 Å². The van der Waals surface area contributed by atoms with Crippen LogP contribution >= 0.6 is 0 Å². The van der Waals surface area contributed by atoms with E-state index in [1.54, 1.807) is 74.3 Å². The molecule has 3 fully saturated rings. The highest BCUT2D eigenvalue weighted by Gasteiger charge is 2.45. The first kappa shape index (κ1) is 45.8. The first-order chi connectivity index (χ1) is 31.3. The average molecular weight is 927 g/mol. The summed E-state index contributed by atoms with van der Waals surface area (Å²) < 4.78 is 87.1. The van der Waals surface area contributed by atoms with Crippen molar-refractivity contribution in [1.82, 2.24) is 28.2 Å². The smallest absolute Gasteiger partial charge is 0.263 e. The Balaban J connectivity index is 0.000000179. The summed E-state index contributed by atoms with van der Waals surface area (Å²) >= 11 is 0. The topological polar surface area (TPSA) is 177 Å². The third kappa shape index (κ3) is 10.7. The first-order valence-corrected chi connectivity index (χ1v) is 24.2. The molecular weight excluding hydrogens is 873 g/mol. The standard InChI is InChI=1S/C25H29N3O6S.C22H25N3O4S/c1-32-21-9-3-18(4-10-21)14-27(15-19-5-11-22(33-2)12-6-19)35(30,31)24-13-23(25(29)16-34-17-25)28(26-24)20-7-8-20;1-28-20-9-3-17(4-10-20)15-24(16-18-5-11-21(29-2)12-6-18)30(26,27)22-13-14-25(23-22)19-7-8-19/h3-6,9-13,20,29H,7-8,14-17H2,1-2H3;3-6,9-14,19H,7-8,15-16H2,1-2H3. The number of ether oxygens (including phenoxy) is 5. The van der Waals surface area contributed by atoms with Crippen LogP contribution in [0.25, 0.3) is 0 Å². The predicted molar refractivity (Wildman–Crippen MR) is 241 cm³/mol. The predicted octanol–water partition coefficient (Wildman–Crippen LogP) is 6.47. The van der Waals surface area contributed by atoms with Gasteiger partial charge in [-0.2, -0.15) is 18.8 Å². The Morgan fingerprint density at radius 2 is 0.938 bits per heavy atom. The summed E-state index contributed by atoms with van der Waals surface area (Å²) in [5, 5.41) is 19.8. The van der Waals surface area contributed by atoms with Gasteiger partial charge < -0.3 is 28.8 Å². The lowest BCUT2D eigenvalue weighted by atomic mass is 9.98. The minimum Gasteiger partial charge on any atom is -0.497 e. The molecule has 0 unspecified atom stereocenters. The van der Waals surface area contributed by atoms with Crippen molar-refractivity contribution in [2.24, 2.45) is 0 Å².